The fourth-order valence-electron chi connectivity index (χ4n) is 3.23. The highest BCUT2D eigenvalue weighted by molar-refractivity contribution is 5.95. The molecule has 3 amide bonds. The minimum atomic E-state index is -0.349. The van der Waals surface area contributed by atoms with Crippen LogP contribution in [0.5, 0.6) is 0 Å². The van der Waals surface area contributed by atoms with Gasteiger partial charge in [-0.25, -0.2) is 4.79 Å². The van der Waals surface area contributed by atoms with Crippen LogP contribution in [0, 0.1) is 0 Å². The van der Waals surface area contributed by atoms with E-state index < -0.39 is 0 Å². The number of carbonyl (C=O) groups excluding carboxylic acids is 2. The van der Waals surface area contributed by atoms with Crippen molar-refractivity contribution in [3.8, 4) is 0 Å². The van der Waals surface area contributed by atoms with Gasteiger partial charge in [0.1, 0.15) is 0 Å². The Kier molecular flexibility index (Phi) is 5.37. The summed E-state index contributed by atoms with van der Waals surface area (Å²) >= 11 is 0. The second-order valence-electron chi connectivity index (χ2n) is 6.17. The van der Waals surface area contributed by atoms with Gasteiger partial charge in [0.25, 0.3) is 0 Å². The molecule has 6 nitrogen and oxygen atoms in total. The lowest BCUT2D eigenvalue weighted by molar-refractivity contribution is -0.121. The van der Waals surface area contributed by atoms with Crippen LogP contribution in [0.3, 0.4) is 0 Å². The number of rotatable bonds is 3. The molecule has 0 spiro atoms. The van der Waals surface area contributed by atoms with Gasteiger partial charge < -0.3 is 10.6 Å². The molecule has 1 saturated heterocycles. The van der Waals surface area contributed by atoms with Crippen molar-refractivity contribution in [2.75, 3.05) is 19.6 Å². The molecule has 2 atom stereocenters. The molecule has 0 aromatic rings. The molecule has 2 unspecified atom stereocenters. The first-order valence-electron chi connectivity index (χ1n) is 7.61. The normalized spacial score (nSPS) is 28.3. The fraction of sp³-hybridized carbons (Fsp3) is 0.857. The average Bonchev–Trinajstić information content (AvgIpc) is 2.79. The van der Waals surface area contributed by atoms with E-state index in [1.54, 1.807) is 0 Å². The summed E-state index contributed by atoms with van der Waals surface area (Å²) in [4.78, 5) is 25.7. The van der Waals surface area contributed by atoms with E-state index in [-0.39, 0.29) is 24.5 Å². The van der Waals surface area contributed by atoms with Crippen molar-refractivity contribution in [2.45, 2.75) is 57.7 Å². The number of amides is 3. The van der Waals surface area contributed by atoms with Gasteiger partial charge in [-0.15, -0.1) is 0 Å². The van der Waals surface area contributed by atoms with Gasteiger partial charge in [-0.3, -0.25) is 15.0 Å². The number of nitrogens with one attached hydrogen (secondary N) is 3. The Morgan fingerprint density at radius 3 is 2.35 bits per heavy atom. The number of carbonyl (C=O) groups is 2. The Balaban J connectivity index is 1.70. The molecule has 1 saturated carbocycles. The van der Waals surface area contributed by atoms with Crippen molar-refractivity contribution < 1.29 is 9.59 Å². The van der Waals surface area contributed by atoms with Crippen LogP contribution in [0.4, 0.5) is 4.79 Å². The van der Waals surface area contributed by atoms with E-state index in [1.807, 2.05) is 0 Å². The van der Waals surface area contributed by atoms with Crippen molar-refractivity contribution >= 4 is 11.9 Å². The standard InChI is InChI=1S/C14H26N4O2/c1-10-7-18(8-11(2)15-10)9-13(19)17-14(20)16-12-5-3-4-6-12/h10-12,15H,3-9H2,1-2H3,(H2,16,17,19,20). The molecule has 2 aliphatic rings. The number of hydrogen-bond acceptors (Lipinski definition) is 4. The third-order valence-corrected chi connectivity index (χ3v) is 3.94. The van der Waals surface area contributed by atoms with Gasteiger partial charge in [0.2, 0.25) is 5.91 Å². The number of imide groups is 1. The molecule has 1 aliphatic carbocycles. The molecule has 1 aliphatic heterocycles. The van der Waals surface area contributed by atoms with Gasteiger partial charge in [-0.2, -0.15) is 0 Å². The zero-order valence-corrected chi connectivity index (χ0v) is 12.4. The molecule has 0 aromatic heterocycles. The monoisotopic (exact) mass is 282 g/mol. The van der Waals surface area contributed by atoms with Crippen LogP contribution in [0.2, 0.25) is 0 Å². The highest BCUT2D eigenvalue weighted by Gasteiger charge is 2.23. The van der Waals surface area contributed by atoms with Gasteiger partial charge in [0, 0.05) is 31.2 Å². The van der Waals surface area contributed by atoms with Crippen LogP contribution in [0.25, 0.3) is 0 Å². The predicted octanol–water partition coefficient (Wildman–Crippen LogP) is 0.437. The molecule has 0 aromatic carbocycles. The topological polar surface area (TPSA) is 73.5 Å². The molecule has 3 N–H and O–H groups in total. The zero-order chi connectivity index (χ0) is 14.5. The minimum Gasteiger partial charge on any atom is -0.335 e. The van der Waals surface area contributed by atoms with E-state index in [0.29, 0.717) is 12.1 Å². The predicted molar refractivity (Wildman–Crippen MR) is 77.4 cm³/mol. The largest absolute Gasteiger partial charge is 0.335 e. The van der Waals surface area contributed by atoms with Crippen molar-refractivity contribution in [1.29, 1.82) is 0 Å². The summed E-state index contributed by atoms with van der Waals surface area (Å²) < 4.78 is 0. The number of urea groups is 1. The van der Waals surface area contributed by atoms with Gasteiger partial charge in [0.05, 0.1) is 6.54 Å². The van der Waals surface area contributed by atoms with E-state index in [4.69, 9.17) is 0 Å². The van der Waals surface area contributed by atoms with Crippen LogP contribution in [0.15, 0.2) is 0 Å². The Morgan fingerprint density at radius 2 is 1.75 bits per heavy atom. The van der Waals surface area contributed by atoms with Crippen molar-refractivity contribution in [2.24, 2.45) is 0 Å². The number of nitrogens with zero attached hydrogens (tertiary/aromatic N) is 1. The highest BCUT2D eigenvalue weighted by Crippen LogP contribution is 2.17. The summed E-state index contributed by atoms with van der Waals surface area (Å²) in [5, 5.41) is 8.71. The average molecular weight is 282 g/mol. The molecule has 2 rings (SSSR count). The highest BCUT2D eigenvalue weighted by atomic mass is 16.2. The van der Waals surface area contributed by atoms with Gasteiger partial charge in [-0.05, 0) is 26.7 Å². The molecule has 0 radical (unpaired) electrons. The Bertz CT molecular complexity index is 345. The van der Waals surface area contributed by atoms with Crippen LogP contribution in [0.1, 0.15) is 39.5 Å². The third-order valence-electron chi connectivity index (χ3n) is 3.94. The maximum atomic E-state index is 11.9. The van der Waals surface area contributed by atoms with Crippen molar-refractivity contribution in [3.05, 3.63) is 0 Å². The molecule has 1 heterocycles. The third kappa shape index (κ3) is 4.76. The molecule has 2 fully saturated rings. The van der Waals surface area contributed by atoms with Crippen LogP contribution in [-0.2, 0) is 4.79 Å². The second-order valence-corrected chi connectivity index (χ2v) is 6.17. The summed E-state index contributed by atoms with van der Waals surface area (Å²) in [7, 11) is 0. The lowest BCUT2D eigenvalue weighted by Gasteiger charge is -2.35. The van der Waals surface area contributed by atoms with Crippen molar-refractivity contribution in [3.63, 3.8) is 0 Å². The van der Waals surface area contributed by atoms with Gasteiger partial charge in [-0.1, -0.05) is 12.8 Å². The van der Waals surface area contributed by atoms with Crippen LogP contribution >= 0.6 is 0 Å². The molecule has 0 bridgehead atoms. The SMILES string of the molecule is CC1CN(CC(=O)NC(=O)NC2CCCC2)CC(C)N1. The Labute approximate surface area is 120 Å². The quantitative estimate of drug-likeness (QED) is 0.702. The first kappa shape index (κ1) is 15.3. The lowest BCUT2D eigenvalue weighted by Crippen LogP contribution is -2.56. The molecule has 114 valence electrons. The summed E-state index contributed by atoms with van der Waals surface area (Å²) in [6.07, 6.45) is 4.37. The molecular weight excluding hydrogens is 256 g/mol. The van der Waals surface area contributed by atoms with Gasteiger partial charge in [0.15, 0.2) is 0 Å². The first-order chi connectivity index (χ1) is 9.52. The second kappa shape index (κ2) is 7.04. The van der Waals surface area contributed by atoms with E-state index >= 15 is 0 Å². The van der Waals surface area contributed by atoms with Crippen molar-refractivity contribution in [1.82, 2.24) is 20.9 Å². The summed E-state index contributed by atoms with van der Waals surface area (Å²) in [5.41, 5.74) is 0. The summed E-state index contributed by atoms with van der Waals surface area (Å²) in [6.45, 7) is 6.17. The molecular formula is C14H26N4O2. The van der Waals surface area contributed by atoms with Gasteiger partial charge >= 0.3 is 6.03 Å². The fourth-order valence-corrected chi connectivity index (χ4v) is 3.23. The first-order valence-corrected chi connectivity index (χ1v) is 7.61. The van der Waals surface area contributed by atoms with E-state index in [1.165, 1.54) is 0 Å². The Hall–Kier alpha value is -1.14. The summed E-state index contributed by atoms with van der Waals surface area (Å²) in [6, 6.07) is 0.637. The van der Waals surface area contributed by atoms with E-state index in [9.17, 15) is 9.59 Å². The van der Waals surface area contributed by atoms with Crippen LogP contribution in [-0.4, -0.2) is 54.6 Å². The minimum absolute atomic E-state index is 0.221. The maximum absolute atomic E-state index is 11.9. The summed E-state index contributed by atoms with van der Waals surface area (Å²) in [5.74, 6) is -0.221. The number of piperazine rings is 1. The molecule has 20 heavy (non-hydrogen) atoms. The van der Waals surface area contributed by atoms with E-state index in [0.717, 1.165) is 38.8 Å². The smallest absolute Gasteiger partial charge is 0.321 e. The van der Waals surface area contributed by atoms with E-state index in [2.05, 4.69) is 34.7 Å². The lowest BCUT2D eigenvalue weighted by atomic mass is 10.1. The maximum Gasteiger partial charge on any atom is 0.321 e. The zero-order valence-electron chi connectivity index (χ0n) is 12.4. The number of hydrogen-bond donors (Lipinski definition) is 3. The van der Waals surface area contributed by atoms with Crippen LogP contribution < -0.4 is 16.0 Å². The Morgan fingerprint density at radius 1 is 1.15 bits per heavy atom. The molecule has 6 heteroatoms.